The molecule has 1 aromatic carbocycles. The predicted molar refractivity (Wildman–Crippen MR) is 92.2 cm³/mol. The van der Waals surface area contributed by atoms with Crippen molar-refractivity contribution in [3.63, 3.8) is 0 Å². The van der Waals surface area contributed by atoms with E-state index in [1.807, 2.05) is 13.8 Å². The van der Waals surface area contributed by atoms with Gasteiger partial charge in [-0.3, -0.25) is 9.59 Å². The Labute approximate surface area is 143 Å². The Balaban J connectivity index is 2.99. The molecule has 1 aromatic rings. The minimum absolute atomic E-state index is 0.0488. The number of sulfonamides is 1. The largest absolute Gasteiger partial charge is 0.348 e. The molecule has 0 aliphatic heterocycles. The molecule has 24 heavy (non-hydrogen) atoms. The molecule has 8 heteroatoms. The van der Waals surface area contributed by atoms with Gasteiger partial charge in [0, 0.05) is 39.8 Å². The summed E-state index contributed by atoms with van der Waals surface area (Å²) in [4.78, 5) is 27.0. The van der Waals surface area contributed by atoms with E-state index < -0.39 is 10.0 Å². The predicted octanol–water partition coefficient (Wildman–Crippen LogP) is 0.877. The van der Waals surface area contributed by atoms with Crippen LogP contribution in [0.25, 0.3) is 0 Å². The fourth-order valence-corrected chi connectivity index (χ4v) is 3.18. The van der Waals surface area contributed by atoms with Gasteiger partial charge in [0.15, 0.2) is 0 Å². The molecule has 0 unspecified atom stereocenters. The smallest absolute Gasteiger partial charge is 0.253 e. The molecule has 0 aliphatic rings. The highest BCUT2D eigenvalue weighted by atomic mass is 32.2. The van der Waals surface area contributed by atoms with Crippen molar-refractivity contribution >= 4 is 21.8 Å². The van der Waals surface area contributed by atoms with Crippen LogP contribution in [0.5, 0.6) is 0 Å². The van der Waals surface area contributed by atoms with Gasteiger partial charge in [-0.1, -0.05) is 0 Å². The van der Waals surface area contributed by atoms with Crippen LogP contribution < -0.4 is 0 Å². The molecule has 0 heterocycles. The van der Waals surface area contributed by atoms with Crippen LogP contribution in [0.3, 0.4) is 0 Å². The molecular weight excluding hydrogens is 330 g/mol. The van der Waals surface area contributed by atoms with E-state index >= 15 is 0 Å². The van der Waals surface area contributed by atoms with E-state index in [0.717, 1.165) is 4.31 Å². The minimum atomic E-state index is -3.78. The molecule has 0 aliphatic carbocycles. The summed E-state index contributed by atoms with van der Waals surface area (Å²) in [5.74, 6) is -0.450. The third-order valence-electron chi connectivity index (χ3n) is 3.72. The van der Waals surface area contributed by atoms with Gasteiger partial charge in [-0.15, -0.1) is 0 Å². The van der Waals surface area contributed by atoms with Gasteiger partial charge in [0.2, 0.25) is 15.9 Å². The van der Waals surface area contributed by atoms with Gasteiger partial charge in [-0.05, 0) is 38.1 Å². The normalized spacial score (nSPS) is 11.4. The molecule has 0 bridgehead atoms. The number of carbonyl (C=O) groups is 2. The second-order valence-electron chi connectivity index (χ2n) is 5.55. The van der Waals surface area contributed by atoms with Gasteiger partial charge in [-0.25, -0.2) is 8.42 Å². The molecule has 2 amide bonds. The Morgan fingerprint density at radius 1 is 0.958 bits per heavy atom. The first-order valence-corrected chi connectivity index (χ1v) is 9.15. The number of benzene rings is 1. The third-order valence-corrected chi connectivity index (χ3v) is 5.53. The highest BCUT2D eigenvalue weighted by Crippen LogP contribution is 2.16. The number of amides is 2. The van der Waals surface area contributed by atoms with E-state index in [1.54, 1.807) is 19.0 Å². The Hall–Kier alpha value is -1.93. The zero-order valence-electron chi connectivity index (χ0n) is 14.8. The zero-order chi connectivity index (χ0) is 18.5. The fraction of sp³-hybridized carbons (Fsp3) is 0.500. The van der Waals surface area contributed by atoms with Crippen molar-refractivity contribution in [1.29, 1.82) is 0 Å². The molecule has 0 N–H and O–H groups in total. The standard InChI is InChI=1S/C16H25N3O4S/c1-6-19(7-2)16(21)13-8-10-14(11-9-13)24(22,23)18(5)12-15(20)17(3)4/h8-11H,6-7,12H2,1-5H3. The quantitative estimate of drug-likeness (QED) is 0.727. The number of hydrogen-bond donors (Lipinski definition) is 0. The summed E-state index contributed by atoms with van der Waals surface area (Å²) in [7, 11) is 0.704. The maximum absolute atomic E-state index is 12.5. The molecule has 134 valence electrons. The highest BCUT2D eigenvalue weighted by molar-refractivity contribution is 7.89. The molecule has 1 rings (SSSR count). The number of hydrogen-bond acceptors (Lipinski definition) is 4. The SMILES string of the molecule is CCN(CC)C(=O)c1ccc(S(=O)(=O)N(C)CC(=O)N(C)C)cc1. The first kappa shape index (κ1) is 20.1. The van der Waals surface area contributed by atoms with Crippen LogP contribution in [0, 0.1) is 0 Å². The summed E-state index contributed by atoms with van der Waals surface area (Å²) in [6.07, 6.45) is 0. The summed E-state index contributed by atoms with van der Waals surface area (Å²) in [6.45, 7) is 4.71. The summed E-state index contributed by atoms with van der Waals surface area (Å²) >= 11 is 0. The van der Waals surface area contributed by atoms with Gasteiger partial charge < -0.3 is 9.80 Å². The molecule has 0 radical (unpaired) electrons. The van der Waals surface area contributed by atoms with E-state index in [4.69, 9.17) is 0 Å². The van der Waals surface area contributed by atoms with Crippen LogP contribution in [0.4, 0.5) is 0 Å². The van der Waals surface area contributed by atoms with Crippen LogP contribution in [-0.4, -0.2) is 75.1 Å². The van der Waals surface area contributed by atoms with Crippen molar-refractivity contribution in [2.24, 2.45) is 0 Å². The molecule has 0 aromatic heterocycles. The third kappa shape index (κ3) is 4.55. The van der Waals surface area contributed by atoms with Crippen LogP contribution in [0.1, 0.15) is 24.2 Å². The summed E-state index contributed by atoms with van der Waals surface area (Å²) in [5.41, 5.74) is 0.435. The Morgan fingerprint density at radius 3 is 1.88 bits per heavy atom. The van der Waals surface area contributed by atoms with Crippen LogP contribution in [0.15, 0.2) is 29.2 Å². The molecular formula is C16H25N3O4S. The first-order chi connectivity index (χ1) is 11.1. The van der Waals surface area contributed by atoms with Crippen molar-refractivity contribution in [3.05, 3.63) is 29.8 Å². The monoisotopic (exact) mass is 355 g/mol. The van der Waals surface area contributed by atoms with Gasteiger partial charge in [0.25, 0.3) is 5.91 Å². The Morgan fingerprint density at radius 2 is 1.46 bits per heavy atom. The first-order valence-electron chi connectivity index (χ1n) is 7.70. The zero-order valence-corrected chi connectivity index (χ0v) is 15.6. The molecule has 0 saturated carbocycles. The molecule has 0 fully saturated rings. The summed E-state index contributed by atoms with van der Waals surface area (Å²) in [5, 5.41) is 0. The van der Waals surface area contributed by atoms with Gasteiger partial charge >= 0.3 is 0 Å². The lowest BCUT2D eigenvalue weighted by Crippen LogP contribution is -2.37. The lowest BCUT2D eigenvalue weighted by atomic mass is 10.2. The topological polar surface area (TPSA) is 78.0 Å². The van der Waals surface area contributed by atoms with E-state index in [-0.39, 0.29) is 23.3 Å². The number of carbonyl (C=O) groups excluding carboxylic acids is 2. The van der Waals surface area contributed by atoms with E-state index in [9.17, 15) is 18.0 Å². The Bertz CT molecular complexity index is 680. The van der Waals surface area contributed by atoms with E-state index in [2.05, 4.69) is 0 Å². The fourth-order valence-electron chi connectivity index (χ4n) is 2.06. The summed E-state index contributed by atoms with van der Waals surface area (Å²) in [6, 6.07) is 5.77. The second-order valence-corrected chi connectivity index (χ2v) is 7.60. The molecule has 7 nitrogen and oxygen atoms in total. The van der Waals surface area contributed by atoms with Gasteiger partial charge in [0.1, 0.15) is 0 Å². The van der Waals surface area contributed by atoms with Crippen LogP contribution >= 0.6 is 0 Å². The van der Waals surface area contributed by atoms with Crippen molar-refractivity contribution < 1.29 is 18.0 Å². The number of rotatable bonds is 7. The molecule has 0 spiro atoms. The second kappa shape index (κ2) is 8.25. The molecule has 0 saturated heterocycles. The number of nitrogens with zero attached hydrogens (tertiary/aromatic N) is 3. The van der Waals surface area contributed by atoms with Crippen LogP contribution in [0.2, 0.25) is 0 Å². The van der Waals surface area contributed by atoms with Crippen molar-refractivity contribution in [3.8, 4) is 0 Å². The van der Waals surface area contributed by atoms with E-state index in [0.29, 0.717) is 18.7 Å². The van der Waals surface area contributed by atoms with Gasteiger partial charge in [-0.2, -0.15) is 4.31 Å². The maximum Gasteiger partial charge on any atom is 0.253 e. The van der Waals surface area contributed by atoms with Crippen molar-refractivity contribution in [2.45, 2.75) is 18.7 Å². The van der Waals surface area contributed by atoms with Crippen LogP contribution in [-0.2, 0) is 14.8 Å². The summed E-state index contributed by atoms with van der Waals surface area (Å²) < 4.78 is 26.0. The van der Waals surface area contributed by atoms with Crippen molar-refractivity contribution in [2.75, 3.05) is 40.8 Å². The van der Waals surface area contributed by atoms with Crippen molar-refractivity contribution in [1.82, 2.24) is 14.1 Å². The molecule has 0 atom stereocenters. The minimum Gasteiger partial charge on any atom is -0.348 e. The lowest BCUT2D eigenvalue weighted by molar-refractivity contribution is -0.128. The highest BCUT2D eigenvalue weighted by Gasteiger charge is 2.24. The average molecular weight is 355 g/mol. The average Bonchev–Trinajstić information content (AvgIpc) is 2.55. The van der Waals surface area contributed by atoms with Gasteiger partial charge in [0.05, 0.1) is 11.4 Å². The Kier molecular flexibility index (Phi) is 6.92. The number of likely N-dealkylation sites (N-methyl/N-ethyl adjacent to an activating group) is 2. The lowest BCUT2D eigenvalue weighted by Gasteiger charge is -2.20. The maximum atomic E-state index is 12.5. The van der Waals surface area contributed by atoms with E-state index in [1.165, 1.54) is 36.2 Å².